The number of fused-ring (bicyclic) bond motifs is 1. The third kappa shape index (κ3) is 1.91. The van der Waals surface area contributed by atoms with Crippen LogP contribution in [0.25, 0.3) is 10.2 Å². The molecule has 0 aliphatic heterocycles. The van der Waals surface area contributed by atoms with Gasteiger partial charge in [-0.2, -0.15) is 0 Å². The maximum absolute atomic E-state index is 11.5. The van der Waals surface area contributed by atoms with E-state index in [1.54, 1.807) is 0 Å². The first-order valence-electron chi connectivity index (χ1n) is 5.03. The van der Waals surface area contributed by atoms with Crippen molar-refractivity contribution in [3.63, 3.8) is 0 Å². The number of rotatable bonds is 3. The fraction of sp³-hybridized carbons (Fsp3) is 0.273. The molecule has 0 aliphatic carbocycles. The van der Waals surface area contributed by atoms with Gasteiger partial charge in [0.05, 0.1) is 10.2 Å². The van der Waals surface area contributed by atoms with Gasteiger partial charge >= 0.3 is 0 Å². The van der Waals surface area contributed by atoms with E-state index in [4.69, 9.17) is 5.11 Å². The minimum Gasteiger partial charge on any atom is -0.387 e. The molecule has 0 saturated heterocycles. The van der Waals surface area contributed by atoms with Crippen LogP contribution in [0.2, 0.25) is 0 Å². The summed E-state index contributed by atoms with van der Waals surface area (Å²) >= 11 is 1.46. The number of aromatic nitrogens is 1. The molecule has 0 fully saturated rings. The number of aliphatic hydroxyl groups is 1. The van der Waals surface area contributed by atoms with Crippen molar-refractivity contribution < 1.29 is 9.90 Å². The van der Waals surface area contributed by atoms with Crippen LogP contribution in [0, 0.1) is 0 Å². The maximum Gasteiger partial charge on any atom is 0.254 e. The van der Waals surface area contributed by atoms with Gasteiger partial charge in [-0.3, -0.25) is 9.69 Å². The molecule has 1 amide bonds. The van der Waals surface area contributed by atoms with Crippen molar-refractivity contribution in [2.45, 2.75) is 6.92 Å². The van der Waals surface area contributed by atoms with Crippen molar-refractivity contribution in [2.24, 2.45) is 0 Å². The van der Waals surface area contributed by atoms with Crippen molar-refractivity contribution in [3.8, 4) is 0 Å². The number of hydrogen-bond acceptors (Lipinski definition) is 4. The summed E-state index contributed by atoms with van der Waals surface area (Å²) in [5, 5.41) is 9.50. The van der Waals surface area contributed by atoms with E-state index in [0.29, 0.717) is 11.7 Å². The number of benzene rings is 1. The molecule has 0 atom stereocenters. The summed E-state index contributed by atoms with van der Waals surface area (Å²) in [5.74, 6) is -0.318. The zero-order valence-corrected chi connectivity index (χ0v) is 9.70. The lowest BCUT2D eigenvalue weighted by Gasteiger charge is -2.15. The molecule has 4 nitrogen and oxygen atoms in total. The highest BCUT2D eigenvalue weighted by Crippen LogP contribution is 2.28. The zero-order valence-electron chi connectivity index (χ0n) is 8.88. The van der Waals surface area contributed by atoms with Crippen LogP contribution in [-0.2, 0) is 4.79 Å². The third-order valence-electron chi connectivity index (χ3n) is 2.27. The SMILES string of the molecule is CCN(C(=O)CO)c1nc2ccccc2s1. The highest BCUT2D eigenvalue weighted by molar-refractivity contribution is 7.22. The summed E-state index contributed by atoms with van der Waals surface area (Å²) in [6, 6.07) is 7.73. The molecule has 5 heteroatoms. The predicted octanol–water partition coefficient (Wildman–Crippen LogP) is 1.64. The molecule has 2 aromatic rings. The quantitative estimate of drug-likeness (QED) is 0.881. The van der Waals surface area contributed by atoms with Crippen molar-refractivity contribution in [3.05, 3.63) is 24.3 Å². The predicted molar refractivity (Wildman–Crippen MR) is 64.7 cm³/mol. The topological polar surface area (TPSA) is 53.4 Å². The fourth-order valence-electron chi connectivity index (χ4n) is 1.48. The molecule has 0 radical (unpaired) electrons. The highest BCUT2D eigenvalue weighted by atomic mass is 32.1. The zero-order chi connectivity index (χ0) is 11.5. The number of likely N-dealkylation sites (N-methyl/N-ethyl adjacent to an activating group) is 1. The van der Waals surface area contributed by atoms with Gasteiger partial charge in [0.15, 0.2) is 5.13 Å². The van der Waals surface area contributed by atoms with E-state index < -0.39 is 6.61 Å². The highest BCUT2D eigenvalue weighted by Gasteiger charge is 2.16. The molecule has 84 valence electrons. The number of carbonyl (C=O) groups excluding carboxylic acids is 1. The van der Waals surface area contributed by atoms with E-state index in [9.17, 15) is 4.79 Å². The van der Waals surface area contributed by atoms with Crippen LogP contribution in [0.15, 0.2) is 24.3 Å². The lowest BCUT2D eigenvalue weighted by molar-refractivity contribution is -0.121. The van der Waals surface area contributed by atoms with Crippen molar-refractivity contribution in [1.29, 1.82) is 0 Å². The van der Waals surface area contributed by atoms with E-state index >= 15 is 0 Å². The van der Waals surface area contributed by atoms with Gasteiger partial charge in [0.1, 0.15) is 6.61 Å². The third-order valence-corrected chi connectivity index (χ3v) is 3.33. The number of aliphatic hydroxyl groups excluding tert-OH is 1. The molecule has 0 unspecified atom stereocenters. The van der Waals surface area contributed by atoms with Crippen molar-refractivity contribution >= 4 is 32.6 Å². The molecule has 0 aliphatic rings. The van der Waals surface area contributed by atoms with Crippen LogP contribution in [0.5, 0.6) is 0 Å². The Morgan fingerprint density at radius 3 is 2.88 bits per heavy atom. The average molecular weight is 236 g/mol. The Morgan fingerprint density at radius 2 is 2.25 bits per heavy atom. The first kappa shape index (κ1) is 11.0. The summed E-state index contributed by atoms with van der Waals surface area (Å²) in [5.41, 5.74) is 0.881. The van der Waals surface area contributed by atoms with Crippen LogP contribution >= 0.6 is 11.3 Å². The first-order valence-corrected chi connectivity index (χ1v) is 5.84. The maximum atomic E-state index is 11.5. The van der Waals surface area contributed by atoms with Gasteiger partial charge in [-0.25, -0.2) is 4.98 Å². The lowest BCUT2D eigenvalue weighted by Crippen LogP contribution is -2.32. The smallest absolute Gasteiger partial charge is 0.254 e. The Labute approximate surface area is 97.1 Å². The summed E-state index contributed by atoms with van der Waals surface area (Å²) in [7, 11) is 0. The number of thiazole rings is 1. The molecule has 0 spiro atoms. The van der Waals surface area contributed by atoms with Gasteiger partial charge < -0.3 is 5.11 Å². The van der Waals surface area contributed by atoms with Gasteiger partial charge in [0, 0.05) is 6.54 Å². The normalized spacial score (nSPS) is 10.6. The van der Waals surface area contributed by atoms with Crippen molar-refractivity contribution in [2.75, 3.05) is 18.1 Å². The van der Waals surface area contributed by atoms with Crippen LogP contribution in [0.1, 0.15) is 6.92 Å². The molecule has 0 saturated carbocycles. The number of carbonyl (C=O) groups is 1. The molecule has 1 N–H and O–H groups in total. The molecule has 1 aromatic carbocycles. The molecule has 0 bridgehead atoms. The molecule has 16 heavy (non-hydrogen) atoms. The van der Waals surface area contributed by atoms with Crippen LogP contribution in [0.3, 0.4) is 0 Å². The van der Waals surface area contributed by atoms with Gasteiger partial charge in [-0.05, 0) is 19.1 Å². The number of amides is 1. The molecule has 1 heterocycles. The van der Waals surface area contributed by atoms with Gasteiger partial charge in [0.2, 0.25) is 0 Å². The minimum atomic E-state index is -0.482. The van der Waals surface area contributed by atoms with Crippen LogP contribution in [-0.4, -0.2) is 29.1 Å². The number of hydrogen-bond donors (Lipinski definition) is 1. The summed E-state index contributed by atoms with van der Waals surface area (Å²) in [4.78, 5) is 17.3. The van der Waals surface area contributed by atoms with Gasteiger partial charge in [0.25, 0.3) is 5.91 Å². The Bertz CT molecular complexity index is 476. The fourth-order valence-corrected chi connectivity index (χ4v) is 2.53. The molecular formula is C11H12N2O2S. The molecule has 2 rings (SSSR count). The standard InChI is InChI=1S/C11H12N2O2S/c1-2-13(10(15)7-14)11-12-8-5-3-4-6-9(8)16-11/h3-6,14H,2,7H2,1H3. The van der Waals surface area contributed by atoms with E-state index in [1.165, 1.54) is 16.2 Å². The Balaban J connectivity index is 2.41. The lowest BCUT2D eigenvalue weighted by atomic mass is 10.3. The second kappa shape index (κ2) is 4.59. The average Bonchev–Trinajstić information content (AvgIpc) is 2.72. The summed E-state index contributed by atoms with van der Waals surface area (Å²) in [6.07, 6.45) is 0. The van der Waals surface area contributed by atoms with E-state index in [0.717, 1.165) is 10.2 Å². The molecular weight excluding hydrogens is 224 g/mol. The van der Waals surface area contributed by atoms with Crippen LogP contribution < -0.4 is 4.90 Å². The van der Waals surface area contributed by atoms with Crippen molar-refractivity contribution in [1.82, 2.24) is 4.98 Å². The monoisotopic (exact) mass is 236 g/mol. The largest absolute Gasteiger partial charge is 0.387 e. The summed E-state index contributed by atoms with van der Waals surface area (Å²) < 4.78 is 1.04. The van der Waals surface area contributed by atoms with Gasteiger partial charge in [-0.1, -0.05) is 23.5 Å². The number of para-hydroxylation sites is 1. The van der Waals surface area contributed by atoms with E-state index in [1.807, 2.05) is 31.2 Å². The number of anilines is 1. The Hall–Kier alpha value is -1.46. The second-order valence-corrected chi connectivity index (χ2v) is 4.27. The number of nitrogens with zero attached hydrogens (tertiary/aromatic N) is 2. The molecule has 1 aromatic heterocycles. The van der Waals surface area contributed by atoms with Gasteiger partial charge in [-0.15, -0.1) is 0 Å². The summed E-state index contributed by atoms with van der Waals surface area (Å²) in [6.45, 7) is 1.89. The van der Waals surface area contributed by atoms with E-state index in [-0.39, 0.29) is 5.91 Å². The Morgan fingerprint density at radius 1 is 1.50 bits per heavy atom. The minimum absolute atomic E-state index is 0.318. The Kier molecular flexibility index (Phi) is 3.17. The van der Waals surface area contributed by atoms with Crippen LogP contribution in [0.4, 0.5) is 5.13 Å². The first-order chi connectivity index (χ1) is 7.76. The van der Waals surface area contributed by atoms with E-state index in [2.05, 4.69) is 4.98 Å². The second-order valence-electron chi connectivity index (χ2n) is 3.26.